The van der Waals surface area contributed by atoms with Gasteiger partial charge in [0.15, 0.2) is 0 Å². The highest BCUT2D eigenvalue weighted by Gasteiger charge is 2.03. The van der Waals surface area contributed by atoms with Gasteiger partial charge in [0.1, 0.15) is 5.82 Å². The minimum Gasteiger partial charge on any atom is -0.399 e. The molecule has 0 unspecified atom stereocenters. The highest BCUT2D eigenvalue weighted by atomic mass is 19.1. The summed E-state index contributed by atoms with van der Waals surface area (Å²) in [7, 11) is 0. The van der Waals surface area contributed by atoms with Crippen LogP contribution in [-0.2, 0) is 6.42 Å². The minimum atomic E-state index is -0.328. The van der Waals surface area contributed by atoms with Gasteiger partial charge in [0.25, 0.3) is 0 Å². The fourth-order valence-electron chi connectivity index (χ4n) is 1.75. The molecule has 0 aliphatic carbocycles. The molecule has 0 aromatic heterocycles. The summed E-state index contributed by atoms with van der Waals surface area (Å²) in [5, 5.41) is 5.34. The van der Waals surface area contributed by atoms with Crippen LogP contribution < -0.4 is 16.4 Å². The predicted octanol–water partition coefficient (Wildman–Crippen LogP) is 2.77. The Balaban J connectivity index is 1.78. The third-order valence-electron chi connectivity index (χ3n) is 2.81. The van der Waals surface area contributed by atoms with Crippen molar-refractivity contribution < 1.29 is 9.18 Å². The van der Waals surface area contributed by atoms with Crippen molar-refractivity contribution in [1.29, 1.82) is 0 Å². The molecule has 2 amide bonds. The lowest BCUT2D eigenvalue weighted by molar-refractivity contribution is 0.252. The summed E-state index contributed by atoms with van der Waals surface area (Å²) in [4.78, 5) is 11.6. The summed E-state index contributed by atoms with van der Waals surface area (Å²) in [6, 6.07) is 13.0. The third-order valence-corrected chi connectivity index (χ3v) is 2.81. The number of benzene rings is 2. The molecule has 0 saturated carbocycles. The van der Waals surface area contributed by atoms with E-state index in [4.69, 9.17) is 5.73 Å². The summed E-state index contributed by atoms with van der Waals surface area (Å²) in [5.74, 6) is -0.256. The van der Waals surface area contributed by atoms with Gasteiger partial charge in [-0.15, -0.1) is 0 Å². The highest BCUT2D eigenvalue weighted by molar-refractivity contribution is 5.89. The fraction of sp³-hybridized carbons (Fsp3) is 0.133. The quantitative estimate of drug-likeness (QED) is 0.750. The number of rotatable bonds is 4. The Bertz CT molecular complexity index is 584. The van der Waals surface area contributed by atoms with Crippen LogP contribution in [0.25, 0.3) is 0 Å². The van der Waals surface area contributed by atoms with Crippen molar-refractivity contribution >= 4 is 17.4 Å². The van der Waals surface area contributed by atoms with Gasteiger partial charge in [-0.1, -0.05) is 18.2 Å². The van der Waals surface area contributed by atoms with Crippen molar-refractivity contribution in [3.05, 3.63) is 59.9 Å². The molecule has 4 N–H and O–H groups in total. The molecule has 0 aliphatic rings. The van der Waals surface area contributed by atoms with Gasteiger partial charge in [0.2, 0.25) is 0 Å². The average molecular weight is 273 g/mol. The van der Waals surface area contributed by atoms with Gasteiger partial charge in [0, 0.05) is 17.9 Å². The number of urea groups is 1. The number of halogens is 1. The molecule has 0 fully saturated rings. The second kappa shape index (κ2) is 6.56. The molecule has 0 atom stereocenters. The van der Waals surface area contributed by atoms with Gasteiger partial charge in [-0.3, -0.25) is 0 Å². The van der Waals surface area contributed by atoms with Gasteiger partial charge in [-0.25, -0.2) is 9.18 Å². The van der Waals surface area contributed by atoms with E-state index in [1.165, 1.54) is 6.07 Å². The second-order valence-electron chi connectivity index (χ2n) is 4.34. The van der Waals surface area contributed by atoms with E-state index in [1.807, 2.05) is 0 Å². The van der Waals surface area contributed by atoms with Gasteiger partial charge in [-0.2, -0.15) is 0 Å². The normalized spacial score (nSPS) is 10.1. The Morgan fingerprint density at radius 3 is 2.50 bits per heavy atom. The number of hydrogen-bond donors (Lipinski definition) is 3. The topological polar surface area (TPSA) is 67.1 Å². The van der Waals surface area contributed by atoms with E-state index < -0.39 is 0 Å². The Labute approximate surface area is 116 Å². The number of anilines is 2. The van der Waals surface area contributed by atoms with Crippen LogP contribution in [0.1, 0.15) is 5.56 Å². The van der Waals surface area contributed by atoms with E-state index in [2.05, 4.69) is 10.6 Å². The van der Waals surface area contributed by atoms with Crippen LogP contribution in [-0.4, -0.2) is 12.6 Å². The second-order valence-corrected chi connectivity index (χ2v) is 4.34. The summed E-state index contributed by atoms with van der Waals surface area (Å²) < 4.78 is 13.4. The smallest absolute Gasteiger partial charge is 0.319 e. The fourth-order valence-corrected chi connectivity index (χ4v) is 1.75. The van der Waals surface area contributed by atoms with Gasteiger partial charge < -0.3 is 16.4 Å². The molecule has 2 rings (SSSR count). The predicted molar refractivity (Wildman–Crippen MR) is 78.0 cm³/mol. The Morgan fingerprint density at radius 1 is 1.10 bits per heavy atom. The van der Waals surface area contributed by atoms with Gasteiger partial charge in [-0.05, 0) is 42.3 Å². The van der Waals surface area contributed by atoms with Crippen molar-refractivity contribution in [2.24, 2.45) is 0 Å². The number of nitrogen functional groups attached to an aromatic ring is 1. The first-order valence-electron chi connectivity index (χ1n) is 6.29. The maximum atomic E-state index is 13.4. The lowest BCUT2D eigenvalue weighted by Crippen LogP contribution is -2.30. The van der Waals surface area contributed by atoms with Crippen molar-refractivity contribution in [1.82, 2.24) is 5.32 Å². The average Bonchev–Trinajstić information content (AvgIpc) is 2.43. The SMILES string of the molecule is Nc1ccc(NC(=O)NCCc2ccccc2F)cc1. The largest absolute Gasteiger partial charge is 0.399 e. The number of amides is 2. The van der Waals surface area contributed by atoms with Crippen LogP contribution in [0.2, 0.25) is 0 Å². The van der Waals surface area contributed by atoms with Crippen LogP contribution >= 0.6 is 0 Å². The molecule has 5 heteroatoms. The zero-order chi connectivity index (χ0) is 14.4. The molecule has 0 saturated heterocycles. The Morgan fingerprint density at radius 2 is 1.80 bits per heavy atom. The lowest BCUT2D eigenvalue weighted by atomic mass is 10.1. The maximum absolute atomic E-state index is 13.4. The molecular weight excluding hydrogens is 257 g/mol. The van der Waals surface area contributed by atoms with Crippen molar-refractivity contribution in [3.63, 3.8) is 0 Å². The van der Waals surface area contributed by atoms with Gasteiger partial charge in [0.05, 0.1) is 0 Å². The number of carbonyl (C=O) groups is 1. The summed E-state index contributed by atoms with van der Waals surface area (Å²) in [5.41, 5.74) is 7.43. The Kier molecular flexibility index (Phi) is 4.55. The third kappa shape index (κ3) is 3.98. The maximum Gasteiger partial charge on any atom is 0.319 e. The molecular formula is C15H16FN3O. The van der Waals surface area contributed by atoms with E-state index in [-0.39, 0.29) is 11.8 Å². The van der Waals surface area contributed by atoms with Crippen molar-refractivity contribution in [2.45, 2.75) is 6.42 Å². The molecule has 0 spiro atoms. The lowest BCUT2D eigenvalue weighted by Gasteiger charge is -2.08. The van der Waals surface area contributed by atoms with E-state index in [0.29, 0.717) is 29.9 Å². The zero-order valence-electron chi connectivity index (χ0n) is 10.9. The molecule has 20 heavy (non-hydrogen) atoms. The van der Waals surface area contributed by atoms with E-state index in [0.717, 1.165) is 0 Å². The molecule has 0 heterocycles. The van der Waals surface area contributed by atoms with Crippen molar-refractivity contribution in [3.8, 4) is 0 Å². The molecule has 2 aromatic carbocycles. The molecule has 104 valence electrons. The van der Waals surface area contributed by atoms with E-state index >= 15 is 0 Å². The number of nitrogens with one attached hydrogen (secondary N) is 2. The van der Waals surface area contributed by atoms with Crippen LogP contribution in [0.4, 0.5) is 20.6 Å². The number of nitrogens with two attached hydrogens (primary N) is 1. The summed E-state index contributed by atoms with van der Waals surface area (Å²) in [6.07, 6.45) is 0.446. The zero-order valence-corrected chi connectivity index (χ0v) is 10.9. The summed E-state index contributed by atoms with van der Waals surface area (Å²) in [6.45, 7) is 0.363. The van der Waals surface area contributed by atoms with Crippen molar-refractivity contribution in [2.75, 3.05) is 17.6 Å². The van der Waals surface area contributed by atoms with Crippen LogP contribution in [0.15, 0.2) is 48.5 Å². The molecule has 2 aromatic rings. The first-order chi connectivity index (χ1) is 9.65. The first kappa shape index (κ1) is 13.9. The molecule has 4 nitrogen and oxygen atoms in total. The number of hydrogen-bond acceptors (Lipinski definition) is 2. The Hall–Kier alpha value is -2.56. The molecule has 0 aliphatic heterocycles. The summed E-state index contributed by atoms with van der Waals surface area (Å²) >= 11 is 0. The molecule has 0 bridgehead atoms. The standard InChI is InChI=1S/C15H16FN3O/c16-14-4-2-1-3-11(14)9-10-18-15(20)19-13-7-5-12(17)6-8-13/h1-8H,9-10,17H2,(H2,18,19,20). The number of carbonyl (C=O) groups excluding carboxylic acids is 1. The van der Waals surface area contributed by atoms with E-state index in [9.17, 15) is 9.18 Å². The highest BCUT2D eigenvalue weighted by Crippen LogP contribution is 2.10. The monoisotopic (exact) mass is 273 g/mol. The minimum absolute atomic E-state index is 0.256. The van der Waals surface area contributed by atoms with Crippen LogP contribution in [0.3, 0.4) is 0 Å². The van der Waals surface area contributed by atoms with Crippen LogP contribution in [0.5, 0.6) is 0 Å². The van der Waals surface area contributed by atoms with Gasteiger partial charge >= 0.3 is 6.03 Å². The molecule has 0 radical (unpaired) electrons. The first-order valence-corrected chi connectivity index (χ1v) is 6.29. The van der Waals surface area contributed by atoms with E-state index in [1.54, 1.807) is 42.5 Å². The van der Waals surface area contributed by atoms with Crippen LogP contribution in [0, 0.1) is 5.82 Å².